The van der Waals surface area contributed by atoms with E-state index in [2.05, 4.69) is 67.0 Å². The van der Waals surface area contributed by atoms with Gasteiger partial charge in [-0.2, -0.15) is 0 Å². The molecule has 0 aromatic heterocycles. The van der Waals surface area contributed by atoms with Gasteiger partial charge in [-0.15, -0.1) is 0 Å². The van der Waals surface area contributed by atoms with Crippen LogP contribution in [0.5, 0.6) is 0 Å². The van der Waals surface area contributed by atoms with Gasteiger partial charge in [0.25, 0.3) is 0 Å². The Morgan fingerprint density at radius 2 is 1.12 bits per heavy atom. The largest absolute Gasteiger partial charge is 0.480 e. The standard InChI is InChI=1S/C42H72N2O7/c1-3-5-7-9-11-13-14-15-16-17-18-20-22-24-30-34-41(48)51-37(31-27-23-21-19-12-10-8-6-4-2)32-28-25-26-29-33-39(46)43-35-40(47)44-38(36-45)42(49)50/h11,13,15-16,19,21,27,31,37-38,45H,3-10,12,14,17-18,20,22-26,28-30,32-36H2,1-2H3,(H,43,46)(H,44,47)(H,49,50)/b13-11-,16-15-,21-19-,31-27-. The molecule has 0 aromatic rings. The summed E-state index contributed by atoms with van der Waals surface area (Å²) in [5.74, 6) is -2.44. The summed E-state index contributed by atoms with van der Waals surface area (Å²) in [5, 5.41) is 22.5. The first kappa shape index (κ1) is 47.8. The molecule has 9 heteroatoms. The quantitative estimate of drug-likeness (QED) is 0.0291. The minimum atomic E-state index is -1.39. The number of amides is 2. The molecule has 0 aliphatic carbocycles. The fourth-order valence-electron chi connectivity index (χ4n) is 5.40. The predicted octanol–water partition coefficient (Wildman–Crippen LogP) is 9.20. The van der Waals surface area contributed by atoms with Crippen molar-refractivity contribution >= 4 is 23.8 Å². The van der Waals surface area contributed by atoms with Gasteiger partial charge >= 0.3 is 11.9 Å². The minimum absolute atomic E-state index is 0.142. The van der Waals surface area contributed by atoms with Gasteiger partial charge < -0.3 is 25.6 Å². The van der Waals surface area contributed by atoms with Crippen molar-refractivity contribution in [3.05, 3.63) is 48.6 Å². The molecule has 2 unspecified atom stereocenters. The highest BCUT2D eigenvalue weighted by atomic mass is 16.5. The van der Waals surface area contributed by atoms with Crippen molar-refractivity contribution in [2.45, 2.75) is 180 Å². The third-order valence-electron chi connectivity index (χ3n) is 8.53. The van der Waals surface area contributed by atoms with Crippen LogP contribution in [-0.4, -0.2) is 59.3 Å². The molecule has 9 nitrogen and oxygen atoms in total. The van der Waals surface area contributed by atoms with E-state index >= 15 is 0 Å². The Morgan fingerprint density at radius 3 is 1.73 bits per heavy atom. The molecule has 0 bridgehead atoms. The van der Waals surface area contributed by atoms with Crippen molar-refractivity contribution in [1.82, 2.24) is 10.6 Å². The van der Waals surface area contributed by atoms with Gasteiger partial charge in [-0.1, -0.05) is 121 Å². The fourth-order valence-corrected chi connectivity index (χ4v) is 5.40. The van der Waals surface area contributed by atoms with Crippen molar-refractivity contribution in [3.63, 3.8) is 0 Å². The van der Waals surface area contributed by atoms with E-state index in [0.29, 0.717) is 12.8 Å². The van der Waals surface area contributed by atoms with Gasteiger partial charge in [-0.25, -0.2) is 4.79 Å². The lowest BCUT2D eigenvalue weighted by Crippen LogP contribution is -2.47. The van der Waals surface area contributed by atoms with Crippen molar-refractivity contribution < 1.29 is 34.1 Å². The highest BCUT2D eigenvalue weighted by Gasteiger charge is 2.18. The number of allylic oxidation sites excluding steroid dienone is 7. The maximum atomic E-state index is 12.7. The lowest BCUT2D eigenvalue weighted by Gasteiger charge is -2.15. The maximum absolute atomic E-state index is 12.7. The number of nitrogens with one attached hydrogen (secondary N) is 2. The van der Waals surface area contributed by atoms with E-state index in [1.807, 2.05) is 6.08 Å². The van der Waals surface area contributed by atoms with E-state index in [1.165, 1.54) is 64.2 Å². The van der Waals surface area contributed by atoms with Crippen LogP contribution in [0, 0.1) is 0 Å². The van der Waals surface area contributed by atoms with Crippen LogP contribution in [0.3, 0.4) is 0 Å². The molecule has 0 aliphatic heterocycles. The van der Waals surface area contributed by atoms with E-state index in [9.17, 15) is 19.2 Å². The van der Waals surface area contributed by atoms with E-state index < -0.39 is 24.5 Å². The first-order valence-corrected chi connectivity index (χ1v) is 20.0. The van der Waals surface area contributed by atoms with E-state index in [-0.39, 0.29) is 30.9 Å². The monoisotopic (exact) mass is 717 g/mol. The number of ether oxygens (including phenoxy) is 1. The van der Waals surface area contributed by atoms with Crippen LogP contribution in [0.1, 0.15) is 168 Å². The molecule has 0 aromatic carbocycles. The number of carboxylic acids is 1. The molecule has 292 valence electrons. The van der Waals surface area contributed by atoms with Gasteiger partial charge in [0.15, 0.2) is 0 Å². The average Bonchev–Trinajstić information content (AvgIpc) is 3.11. The molecule has 0 rings (SSSR count). The van der Waals surface area contributed by atoms with Gasteiger partial charge in [0.2, 0.25) is 11.8 Å². The number of esters is 1. The molecule has 0 fully saturated rings. The van der Waals surface area contributed by atoms with Crippen molar-refractivity contribution in [2.24, 2.45) is 0 Å². The summed E-state index contributed by atoms with van der Waals surface area (Å²) in [5.41, 5.74) is 0. The lowest BCUT2D eigenvalue weighted by molar-refractivity contribution is -0.147. The number of hydrogen-bond donors (Lipinski definition) is 4. The average molecular weight is 717 g/mol. The molecule has 0 aliphatic rings. The SMILES string of the molecule is CCCCC/C=C\C/C=C\CCCCCCCC(=O)OC(/C=C\C/C=C\CCCCCC)CCCCCCC(=O)NCC(=O)NC(CO)C(=O)O. The maximum Gasteiger partial charge on any atom is 0.328 e. The van der Waals surface area contributed by atoms with Gasteiger partial charge in [0.05, 0.1) is 13.2 Å². The topological polar surface area (TPSA) is 142 Å². The number of hydrogen-bond acceptors (Lipinski definition) is 6. The van der Waals surface area contributed by atoms with Crippen LogP contribution in [0.4, 0.5) is 0 Å². The minimum Gasteiger partial charge on any atom is -0.480 e. The summed E-state index contributed by atoms with van der Waals surface area (Å²) in [7, 11) is 0. The molecule has 2 atom stereocenters. The zero-order valence-corrected chi connectivity index (χ0v) is 32.1. The molecule has 0 saturated carbocycles. The number of carboxylic acid groups (broad SMARTS) is 1. The summed E-state index contributed by atoms with van der Waals surface area (Å²) >= 11 is 0. The van der Waals surface area contributed by atoms with Crippen LogP contribution in [0.25, 0.3) is 0 Å². The second kappa shape index (κ2) is 36.6. The number of carbonyl (C=O) groups is 4. The van der Waals surface area contributed by atoms with Crippen LogP contribution in [0.2, 0.25) is 0 Å². The first-order chi connectivity index (χ1) is 24.8. The normalized spacial score (nSPS) is 13.0. The summed E-state index contributed by atoms with van der Waals surface area (Å²) in [6.07, 6.45) is 41.5. The van der Waals surface area contributed by atoms with Crippen molar-refractivity contribution in [1.29, 1.82) is 0 Å². The van der Waals surface area contributed by atoms with E-state index in [4.69, 9.17) is 14.9 Å². The van der Waals surface area contributed by atoms with Crippen LogP contribution >= 0.6 is 0 Å². The number of aliphatic carboxylic acids is 1. The Morgan fingerprint density at radius 1 is 0.608 bits per heavy atom. The second-order valence-corrected chi connectivity index (χ2v) is 13.4. The Hall–Kier alpha value is -3.20. The summed E-state index contributed by atoms with van der Waals surface area (Å²) in [6.45, 7) is 3.38. The number of unbranched alkanes of at least 4 members (excludes halogenated alkanes) is 15. The number of carbonyl (C=O) groups excluding carboxylic acids is 3. The summed E-state index contributed by atoms with van der Waals surface area (Å²) in [6, 6.07) is -1.39. The van der Waals surface area contributed by atoms with Crippen LogP contribution in [0.15, 0.2) is 48.6 Å². The van der Waals surface area contributed by atoms with E-state index in [0.717, 1.165) is 70.6 Å². The molecule has 0 heterocycles. The Kier molecular flexibility index (Phi) is 34.3. The smallest absolute Gasteiger partial charge is 0.328 e. The number of aliphatic hydroxyl groups excluding tert-OH is 1. The zero-order chi connectivity index (χ0) is 37.6. The molecule has 51 heavy (non-hydrogen) atoms. The molecule has 0 radical (unpaired) electrons. The highest BCUT2D eigenvalue weighted by molar-refractivity contribution is 5.87. The molecule has 4 N–H and O–H groups in total. The molecule has 0 spiro atoms. The second-order valence-electron chi connectivity index (χ2n) is 13.4. The van der Waals surface area contributed by atoms with Crippen molar-refractivity contribution in [3.8, 4) is 0 Å². The third-order valence-corrected chi connectivity index (χ3v) is 8.53. The molecular formula is C42H72N2O7. The van der Waals surface area contributed by atoms with Crippen molar-refractivity contribution in [2.75, 3.05) is 13.2 Å². The predicted molar refractivity (Wildman–Crippen MR) is 208 cm³/mol. The Bertz CT molecular complexity index is 1010. The Balaban J connectivity index is 4.39. The van der Waals surface area contributed by atoms with E-state index in [1.54, 1.807) is 0 Å². The van der Waals surface area contributed by atoms with Gasteiger partial charge in [-0.05, 0) is 83.1 Å². The fraction of sp³-hybridized carbons (Fsp3) is 0.714. The number of rotatable bonds is 35. The zero-order valence-electron chi connectivity index (χ0n) is 32.1. The third kappa shape index (κ3) is 33.7. The summed E-state index contributed by atoms with van der Waals surface area (Å²) in [4.78, 5) is 47.4. The molecule has 0 saturated heterocycles. The highest BCUT2D eigenvalue weighted by Crippen LogP contribution is 2.14. The van der Waals surface area contributed by atoms with Gasteiger partial charge in [0.1, 0.15) is 12.1 Å². The summed E-state index contributed by atoms with van der Waals surface area (Å²) < 4.78 is 5.87. The van der Waals surface area contributed by atoms with Gasteiger partial charge in [-0.3, -0.25) is 14.4 Å². The first-order valence-electron chi connectivity index (χ1n) is 20.0. The molecule has 2 amide bonds. The van der Waals surface area contributed by atoms with Gasteiger partial charge in [0, 0.05) is 12.8 Å². The van der Waals surface area contributed by atoms with Crippen LogP contribution < -0.4 is 10.6 Å². The molecular weight excluding hydrogens is 644 g/mol. The van der Waals surface area contributed by atoms with Crippen LogP contribution in [-0.2, 0) is 23.9 Å². The lowest BCUT2D eigenvalue weighted by atomic mass is 10.1. The Labute approximate surface area is 309 Å². The number of aliphatic hydroxyl groups is 1.